The number of pyridine rings is 1. The minimum absolute atomic E-state index is 0.259. The molecule has 0 unspecified atom stereocenters. The quantitative estimate of drug-likeness (QED) is 0.521. The Kier molecular flexibility index (Phi) is 5.01. The summed E-state index contributed by atoms with van der Waals surface area (Å²) in [7, 11) is 0. The van der Waals surface area contributed by atoms with E-state index in [1.54, 1.807) is 48.7 Å². The molecule has 0 atom stereocenters. The number of halogens is 3. The highest BCUT2D eigenvalue weighted by atomic mass is 19.4. The molecule has 2 heterocycles. The maximum absolute atomic E-state index is 12.7. The fraction of sp³-hybridized carbons (Fsp3) is 0.0476. The maximum Gasteiger partial charge on any atom is 0.573 e. The van der Waals surface area contributed by atoms with Crippen LogP contribution < -0.4 is 10.1 Å². The standard InChI is InChI=1S/C21H13F3N4O2/c22-21(23,24)30-14-6-3-5-13(11-14)17-12-26-16-8-4-7-15(19(16)27-17)20(29)28-18-9-1-2-10-25-18/h1-12H,(H,25,28,29). The minimum atomic E-state index is -4.80. The van der Waals surface area contributed by atoms with Crippen molar-refractivity contribution in [3.8, 4) is 17.0 Å². The number of hydrogen-bond donors (Lipinski definition) is 1. The van der Waals surface area contributed by atoms with E-state index < -0.39 is 12.3 Å². The Morgan fingerprint density at radius 2 is 1.80 bits per heavy atom. The summed E-state index contributed by atoms with van der Waals surface area (Å²) < 4.78 is 41.5. The number of alkyl halides is 3. The monoisotopic (exact) mass is 410 g/mol. The third-order valence-corrected chi connectivity index (χ3v) is 4.09. The van der Waals surface area contributed by atoms with E-state index in [2.05, 4.69) is 25.0 Å². The zero-order valence-electron chi connectivity index (χ0n) is 15.2. The van der Waals surface area contributed by atoms with Crippen molar-refractivity contribution in [1.82, 2.24) is 15.0 Å². The minimum Gasteiger partial charge on any atom is -0.406 e. The van der Waals surface area contributed by atoms with Gasteiger partial charge in [-0.1, -0.05) is 24.3 Å². The van der Waals surface area contributed by atoms with Crippen molar-refractivity contribution in [1.29, 1.82) is 0 Å². The van der Waals surface area contributed by atoms with Crippen molar-refractivity contribution < 1.29 is 22.7 Å². The first-order valence-corrected chi connectivity index (χ1v) is 8.73. The molecule has 0 saturated carbocycles. The van der Waals surface area contributed by atoms with E-state index in [0.717, 1.165) is 0 Å². The zero-order chi connectivity index (χ0) is 21.1. The zero-order valence-corrected chi connectivity index (χ0v) is 15.2. The van der Waals surface area contributed by atoms with Crippen LogP contribution in [0.15, 0.2) is 73.1 Å². The lowest BCUT2D eigenvalue weighted by molar-refractivity contribution is -0.274. The van der Waals surface area contributed by atoms with E-state index in [1.807, 2.05) is 0 Å². The molecular weight excluding hydrogens is 397 g/mol. The molecule has 6 nitrogen and oxygen atoms in total. The summed E-state index contributed by atoms with van der Waals surface area (Å²) in [5.41, 5.74) is 1.70. The Bertz CT molecular complexity index is 1210. The average Bonchev–Trinajstić information content (AvgIpc) is 2.72. The molecular formula is C21H13F3N4O2. The molecule has 0 radical (unpaired) electrons. The van der Waals surface area contributed by atoms with Gasteiger partial charge < -0.3 is 10.1 Å². The summed E-state index contributed by atoms with van der Waals surface area (Å²) in [6.45, 7) is 0. The van der Waals surface area contributed by atoms with Gasteiger partial charge in [0, 0.05) is 11.8 Å². The Balaban J connectivity index is 1.71. The molecule has 2 aromatic carbocycles. The van der Waals surface area contributed by atoms with E-state index in [1.165, 1.54) is 24.4 Å². The highest BCUT2D eigenvalue weighted by Crippen LogP contribution is 2.28. The number of nitrogens with one attached hydrogen (secondary N) is 1. The Labute approximate surface area is 168 Å². The van der Waals surface area contributed by atoms with Gasteiger partial charge in [0.05, 0.1) is 23.0 Å². The number of amides is 1. The topological polar surface area (TPSA) is 77.0 Å². The van der Waals surface area contributed by atoms with Gasteiger partial charge in [0.1, 0.15) is 17.1 Å². The smallest absolute Gasteiger partial charge is 0.406 e. The number of benzene rings is 2. The largest absolute Gasteiger partial charge is 0.573 e. The van der Waals surface area contributed by atoms with Crippen LogP contribution in [0.25, 0.3) is 22.3 Å². The Morgan fingerprint density at radius 3 is 2.57 bits per heavy atom. The molecule has 150 valence electrons. The van der Waals surface area contributed by atoms with Crippen molar-refractivity contribution in [2.75, 3.05) is 5.32 Å². The first-order valence-electron chi connectivity index (χ1n) is 8.73. The van der Waals surface area contributed by atoms with E-state index in [4.69, 9.17) is 0 Å². The number of rotatable bonds is 4. The number of carbonyl (C=O) groups excluding carboxylic acids is 1. The van der Waals surface area contributed by atoms with Crippen LogP contribution in [-0.4, -0.2) is 27.2 Å². The summed E-state index contributed by atoms with van der Waals surface area (Å²) >= 11 is 0. The molecule has 1 amide bonds. The number of nitrogens with zero attached hydrogens (tertiary/aromatic N) is 3. The summed E-state index contributed by atoms with van der Waals surface area (Å²) in [5.74, 6) is -0.427. The molecule has 30 heavy (non-hydrogen) atoms. The number of carbonyl (C=O) groups is 1. The molecule has 0 aliphatic rings. The summed E-state index contributed by atoms with van der Waals surface area (Å²) in [5, 5.41) is 2.68. The van der Waals surface area contributed by atoms with Gasteiger partial charge in [0.25, 0.3) is 5.91 Å². The third-order valence-electron chi connectivity index (χ3n) is 4.09. The van der Waals surface area contributed by atoms with Gasteiger partial charge in [0.15, 0.2) is 0 Å². The summed E-state index contributed by atoms with van der Waals surface area (Å²) in [4.78, 5) is 25.5. The van der Waals surface area contributed by atoms with Gasteiger partial charge in [-0.3, -0.25) is 9.78 Å². The molecule has 0 aliphatic carbocycles. The predicted octanol–water partition coefficient (Wildman–Crippen LogP) is 4.84. The summed E-state index contributed by atoms with van der Waals surface area (Å²) in [6.07, 6.45) is -1.83. The Hall–Kier alpha value is -4.01. The Morgan fingerprint density at radius 1 is 0.967 bits per heavy atom. The van der Waals surface area contributed by atoms with Gasteiger partial charge in [-0.25, -0.2) is 9.97 Å². The van der Waals surface area contributed by atoms with Gasteiger partial charge in [-0.15, -0.1) is 13.2 Å². The number of para-hydroxylation sites is 1. The number of aromatic nitrogens is 3. The first-order chi connectivity index (χ1) is 14.4. The van der Waals surface area contributed by atoms with Crippen molar-refractivity contribution >= 4 is 22.8 Å². The highest BCUT2D eigenvalue weighted by molar-refractivity contribution is 6.11. The van der Waals surface area contributed by atoms with Crippen LogP contribution in [0.5, 0.6) is 5.75 Å². The van der Waals surface area contributed by atoms with Crippen LogP contribution in [-0.2, 0) is 0 Å². The normalized spacial score (nSPS) is 11.3. The molecule has 2 aromatic heterocycles. The second kappa shape index (κ2) is 7.78. The van der Waals surface area contributed by atoms with Gasteiger partial charge in [-0.05, 0) is 36.4 Å². The molecule has 0 fully saturated rings. The second-order valence-electron chi connectivity index (χ2n) is 6.17. The van der Waals surface area contributed by atoms with Crippen LogP contribution in [0.2, 0.25) is 0 Å². The second-order valence-corrected chi connectivity index (χ2v) is 6.17. The third kappa shape index (κ3) is 4.35. The molecule has 1 N–H and O–H groups in total. The van der Waals surface area contributed by atoms with E-state index >= 15 is 0 Å². The number of fused-ring (bicyclic) bond motifs is 1. The van der Waals surface area contributed by atoms with E-state index in [-0.39, 0.29) is 11.3 Å². The van der Waals surface area contributed by atoms with Crippen molar-refractivity contribution in [2.24, 2.45) is 0 Å². The lowest BCUT2D eigenvalue weighted by atomic mass is 10.1. The van der Waals surface area contributed by atoms with E-state index in [0.29, 0.717) is 28.1 Å². The predicted molar refractivity (Wildman–Crippen MR) is 104 cm³/mol. The fourth-order valence-electron chi connectivity index (χ4n) is 2.83. The first kappa shape index (κ1) is 19.3. The summed E-state index contributed by atoms with van der Waals surface area (Å²) in [6, 6.07) is 15.4. The SMILES string of the molecule is O=C(Nc1ccccn1)c1cccc2ncc(-c3cccc(OC(F)(F)F)c3)nc12. The highest BCUT2D eigenvalue weighted by Gasteiger charge is 2.31. The molecule has 0 aliphatic heterocycles. The average molecular weight is 410 g/mol. The lowest BCUT2D eigenvalue weighted by Crippen LogP contribution is -2.17. The molecule has 0 spiro atoms. The van der Waals surface area contributed by atoms with Crippen LogP contribution in [0.3, 0.4) is 0 Å². The van der Waals surface area contributed by atoms with Crippen molar-refractivity contribution in [3.63, 3.8) is 0 Å². The molecule has 0 bridgehead atoms. The van der Waals surface area contributed by atoms with Crippen LogP contribution in [0, 0.1) is 0 Å². The van der Waals surface area contributed by atoms with Gasteiger partial charge >= 0.3 is 6.36 Å². The lowest BCUT2D eigenvalue weighted by Gasteiger charge is -2.11. The van der Waals surface area contributed by atoms with Crippen LogP contribution >= 0.6 is 0 Å². The molecule has 4 aromatic rings. The van der Waals surface area contributed by atoms with Gasteiger partial charge in [0.2, 0.25) is 0 Å². The van der Waals surface area contributed by atoms with Crippen molar-refractivity contribution in [3.05, 3.63) is 78.6 Å². The van der Waals surface area contributed by atoms with Crippen LogP contribution in [0.4, 0.5) is 19.0 Å². The van der Waals surface area contributed by atoms with E-state index in [9.17, 15) is 18.0 Å². The maximum atomic E-state index is 12.7. The van der Waals surface area contributed by atoms with Gasteiger partial charge in [-0.2, -0.15) is 0 Å². The molecule has 9 heteroatoms. The van der Waals surface area contributed by atoms with Crippen LogP contribution in [0.1, 0.15) is 10.4 Å². The number of anilines is 1. The van der Waals surface area contributed by atoms with Crippen molar-refractivity contribution in [2.45, 2.75) is 6.36 Å². The number of hydrogen-bond acceptors (Lipinski definition) is 5. The fourth-order valence-corrected chi connectivity index (χ4v) is 2.83. The number of ether oxygens (including phenoxy) is 1. The molecule has 0 saturated heterocycles. The molecule has 4 rings (SSSR count).